The first kappa shape index (κ1) is 14.1. The van der Waals surface area contributed by atoms with Crippen LogP contribution in [0.5, 0.6) is 0 Å². The molecule has 98 valence electrons. The minimum atomic E-state index is -1.07. The SMILES string of the molecule is Cc1cnc(CNC(=O)CC(C)(C)C(=O)O)cn1. The maximum absolute atomic E-state index is 11.6. The lowest BCUT2D eigenvalue weighted by Crippen LogP contribution is -2.33. The van der Waals surface area contributed by atoms with E-state index in [-0.39, 0.29) is 18.9 Å². The summed E-state index contributed by atoms with van der Waals surface area (Å²) >= 11 is 0. The van der Waals surface area contributed by atoms with Crippen molar-refractivity contribution in [2.45, 2.75) is 33.7 Å². The molecule has 6 heteroatoms. The molecule has 2 N–H and O–H groups in total. The highest BCUT2D eigenvalue weighted by atomic mass is 16.4. The van der Waals surface area contributed by atoms with E-state index in [4.69, 9.17) is 5.11 Å². The van der Waals surface area contributed by atoms with Gasteiger partial charge in [0.2, 0.25) is 5.91 Å². The van der Waals surface area contributed by atoms with Crippen molar-refractivity contribution in [2.75, 3.05) is 0 Å². The van der Waals surface area contributed by atoms with Gasteiger partial charge < -0.3 is 10.4 Å². The molecule has 0 bridgehead atoms. The first-order valence-corrected chi connectivity index (χ1v) is 5.59. The van der Waals surface area contributed by atoms with Gasteiger partial charge in [0.1, 0.15) is 0 Å². The second-order valence-electron chi connectivity index (χ2n) is 4.79. The maximum Gasteiger partial charge on any atom is 0.309 e. The summed E-state index contributed by atoms with van der Waals surface area (Å²) in [7, 11) is 0. The number of aliphatic carboxylic acids is 1. The zero-order chi connectivity index (χ0) is 13.8. The van der Waals surface area contributed by atoms with Gasteiger partial charge >= 0.3 is 5.97 Å². The number of hydrogen-bond acceptors (Lipinski definition) is 4. The van der Waals surface area contributed by atoms with Crippen LogP contribution in [-0.4, -0.2) is 27.0 Å². The van der Waals surface area contributed by atoms with Gasteiger partial charge in [-0.15, -0.1) is 0 Å². The quantitative estimate of drug-likeness (QED) is 0.811. The average molecular weight is 251 g/mol. The molecule has 0 aliphatic rings. The topological polar surface area (TPSA) is 92.2 Å². The molecule has 1 aromatic heterocycles. The van der Waals surface area contributed by atoms with E-state index < -0.39 is 11.4 Å². The van der Waals surface area contributed by atoms with Crippen molar-refractivity contribution in [3.05, 3.63) is 23.8 Å². The summed E-state index contributed by atoms with van der Waals surface area (Å²) in [5.74, 6) is -1.31. The molecular formula is C12H17N3O3. The molecule has 1 amide bonds. The standard InChI is InChI=1S/C12H17N3O3/c1-8-5-14-9(6-13-8)7-15-10(16)4-12(2,3)11(17)18/h5-6H,4,7H2,1-3H3,(H,15,16)(H,17,18). The van der Waals surface area contributed by atoms with Crippen molar-refractivity contribution in [1.82, 2.24) is 15.3 Å². The Labute approximate surface area is 105 Å². The molecule has 1 aromatic rings. The smallest absolute Gasteiger partial charge is 0.309 e. The Kier molecular flexibility index (Phi) is 4.36. The van der Waals surface area contributed by atoms with Crippen LogP contribution in [0.3, 0.4) is 0 Å². The number of rotatable bonds is 5. The molecule has 0 atom stereocenters. The van der Waals surface area contributed by atoms with E-state index in [9.17, 15) is 9.59 Å². The number of amides is 1. The fourth-order valence-electron chi connectivity index (χ4n) is 1.24. The molecule has 1 heterocycles. The van der Waals surface area contributed by atoms with Crippen molar-refractivity contribution in [2.24, 2.45) is 5.41 Å². The second kappa shape index (κ2) is 5.57. The van der Waals surface area contributed by atoms with Crippen molar-refractivity contribution < 1.29 is 14.7 Å². The van der Waals surface area contributed by atoms with Gasteiger partial charge in [-0.1, -0.05) is 0 Å². The van der Waals surface area contributed by atoms with E-state index in [0.717, 1.165) is 5.69 Å². The molecule has 6 nitrogen and oxygen atoms in total. The Morgan fingerprint density at radius 2 is 2.00 bits per heavy atom. The Bertz CT molecular complexity index is 440. The summed E-state index contributed by atoms with van der Waals surface area (Å²) in [6.45, 7) is 5.10. The van der Waals surface area contributed by atoms with Crippen LogP contribution in [0.2, 0.25) is 0 Å². The van der Waals surface area contributed by atoms with Crippen LogP contribution in [0, 0.1) is 12.3 Å². The monoisotopic (exact) mass is 251 g/mol. The summed E-state index contributed by atoms with van der Waals surface area (Å²) in [5.41, 5.74) is 0.377. The Balaban J connectivity index is 2.47. The molecule has 1 rings (SSSR count). The molecule has 0 saturated heterocycles. The summed E-state index contributed by atoms with van der Waals surface area (Å²) in [5, 5.41) is 11.5. The number of nitrogens with one attached hydrogen (secondary N) is 1. The maximum atomic E-state index is 11.6. The van der Waals surface area contributed by atoms with Gasteiger partial charge in [-0.25, -0.2) is 0 Å². The van der Waals surface area contributed by atoms with Crippen LogP contribution in [0.1, 0.15) is 31.7 Å². The molecule has 18 heavy (non-hydrogen) atoms. The minimum absolute atomic E-state index is 0.0678. The van der Waals surface area contributed by atoms with Crippen LogP contribution >= 0.6 is 0 Å². The van der Waals surface area contributed by atoms with Crippen molar-refractivity contribution >= 4 is 11.9 Å². The Hall–Kier alpha value is -1.98. The molecule has 0 aromatic carbocycles. The van der Waals surface area contributed by atoms with Gasteiger partial charge in [0.15, 0.2) is 0 Å². The fraction of sp³-hybridized carbons (Fsp3) is 0.500. The first-order valence-electron chi connectivity index (χ1n) is 5.59. The third-order valence-electron chi connectivity index (χ3n) is 2.48. The van der Waals surface area contributed by atoms with Crippen LogP contribution < -0.4 is 5.32 Å². The predicted molar refractivity (Wildman–Crippen MR) is 64.6 cm³/mol. The number of hydrogen-bond donors (Lipinski definition) is 2. The van der Waals surface area contributed by atoms with Crippen LogP contribution in [-0.2, 0) is 16.1 Å². The number of carboxylic acids is 1. The highest BCUT2D eigenvalue weighted by molar-refractivity contribution is 5.84. The highest BCUT2D eigenvalue weighted by Crippen LogP contribution is 2.19. The summed E-state index contributed by atoms with van der Waals surface area (Å²) in [4.78, 5) is 30.6. The normalized spacial score (nSPS) is 11.1. The van der Waals surface area contributed by atoms with Gasteiger partial charge in [0.25, 0.3) is 0 Å². The number of nitrogens with zero attached hydrogens (tertiary/aromatic N) is 2. The zero-order valence-corrected chi connectivity index (χ0v) is 10.7. The average Bonchev–Trinajstić information content (AvgIpc) is 2.27. The third-order valence-corrected chi connectivity index (χ3v) is 2.48. The minimum Gasteiger partial charge on any atom is -0.481 e. The van der Waals surface area contributed by atoms with E-state index >= 15 is 0 Å². The lowest BCUT2D eigenvalue weighted by atomic mass is 9.89. The van der Waals surface area contributed by atoms with Crippen LogP contribution in [0.15, 0.2) is 12.4 Å². The van der Waals surface area contributed by atoms with Crippen LogP contribution in [0.25, 0.3) is 0 Å². The van der Waals surface area contributed by atoms with Crippen LogP contribution in [0.4, 0.5) is 0 Å². The number of aryl methyl sites for hydroxylation is 1. The van der Waals surface area contributed by atoms with Gasteiger partial charge in [0, 0.05) is 12.6 Å². The van der Waals surface area contributed by atoms with Crippen molar-refractivity contribution in [3.63, 3.8) is 0 Å². The molecule has 0 spiro atoms. The molecule has 0 saturated carbocycles. The van der Waals surface area contributed by atoms with Gasteiger partial charge in [-0.05, 0) is 20.8 Å². The highest BCUT2D eigenvalue weighted by Gasteiger charge is 2.29. The van der Waals surface area contributed by atoms with E-state index in [1.54, 1.807) is 12.4 Å². The van der Waals surface area contributed by atoms with Crippen molar-refractivity contribution in [1.29, 1.82) is 0 Å². The molecule has 0 fully saturated rings. The van der Waals surface area contributed by atoms with E-state index in [1.165, 1.54) is 13.8 Å². The first-order chi connectivity index (χ1) is 8.31. The largest absolute Gasteiger partial charge is 0.481 e. The molecule has 0 radical (unpaired) electrons. The third kappa shape index (κ3) is 4.12. The molecule has 0 unspecified atom stereocenters. The van der Waals surface area contributed by atoms with E-state index in [1.807, 2.05) is 6.92 Å². The number of carbonyl (C=O) groups is 2. The summed E-state index contributed by atoms with van der Waals surface area (Å²) in [6, 6.07) is 0. The summed E-state index contributed by atoms with van der Waals surface area (Å²) < 4.78 is 0. The predicted octanol–water partition coefficient (Wildman–Crippen LogP) is 0.902. The molecule has 0 aliphatic heterocycles. The Morgan fingerprint density at radius 3 is 2.50 bits per heavy atom. The zero-order valence-electron chi connectivity index (χ0n) is 10.7. The van der Waals surface area contributed by atoms with Gasteiger partial charge in [-0.2, -0.15) is 0 Å². The number of carboxylic acid groups (broad SMARTS) is 1. The van der Waals surface area contributed by atoms with E-state index in [0.29, 0.717) is 5.69 Å². The Morgan fingerprint density at radius 1 is 1.33 bits per heavy atom. The van der Waals surface area contributed by atoms with Gasteiger partial charge in [-0.3, -0.25) is 19.6 Å². The van der Waals surface area contributed by atoms with Crippen molar-refractivity contribution in [3.8, 4) is 0 Å². The second-order valence-corrected chi connectivity index (χ2v) is 4.79. The number of aromatic nitrogens is 2. The lowest BCUT2D eigenvalue weighted by molar-refractivity contribution is -0.149. The molecule has 0 aliphatic carbocycles. The lowest BCUT2D eigenvalue weighted by Gasteiger charge is -2.18. The van der Waals surface area contributed by atoms with E-state index in [2.05, 4.69) is 15.3 Å². The fourth-order valence-corrected chi connectivity index (χ4v) is 1.24. The summed E-state index contributed by atoms with van der Waals surface area (Å²) in [6.07, 6.45) is 3.13. The van der Waals surface area contributed by atoms with Gasteiger partial charge in [0.05, 0.1) is 29.5 Å². The molecular weight excluding hydrogens is 234 g/mol. The number of carbonyl (C=O) groups excluding carboxylic acids is 1.